The number of sulfonamides is 1. The van der Waals surface area contributed by atoms with Crippen molar-refractivity contribution in [3.05, 3.63) is 95.0 Å². The predicted octanol–water partition coefficient (Wildman–Crippen LogP) is 4.05. The molecule has 172 valence electrons. The minimum Gasteiger partial charge on any atom is -0.462 e. The van der Waals surface area contributed by atoms with E-state index >= 15 is 0 Å². The first-order valence-electron chi connectivity index (χ1n) is 10.2. The molecule has 33 heavy (non-hydrogen) atoms. The molecule has 1 atom stereocenters. The summed E-state index contributed by atoms with van der Waals surface area (Å²) in [6, 6.07) is 19.8. The Balaban J connectivity index is 1.80. The van der Waals surface area contributed by atoms with Crippen LogP contribution in [0.5, 0.6) is 0 Å². The average molecular weight is 487 g/mol. The van der Waals surface area contributed by atoms with Gasteiger partial charge >= 0.3 is 5.97 Å². The first kappa shape index (κ1) is 24.4. The number of anilines is 1. The molecule has 0 saturated carbocycles. The molecular formula is C24H23ClN2O5S. The Morgan fingerprint density at radius 1 is 0.939 bits per heavy atom. The molecule has 0 aliphatic heterocycles. The highest BCUT2D eigenvalue weighted by Crippen LogP contribution is 2.17. The van der Waals surface area contributed by atoms with Crippen LogP contribution in [0.15, 0.2) is 83.8 Å². The fourth-order valence-electron chi connectivity index (χ4n) is 3.04. The van der Waals surface area contributed by atoms with Crippen molar-refractivity contribution in [2.75, 3.05) is 11.9 Å². The number of carbonyl (C=O) groups excluding carboxylic acids is 2. The number of hydrogen-bond acceptors (Lipinski definition) is 5. The quantitative estimate of drug-likeness (QED) is 0.444. The van der Waals surface area contributed by atoms with Crippen LogP contribution in [0.1, 0.15) is 22.8 Å². The lowest BCUT2D eigenvalue weighted by molar-refractivity contribution is -0.117. The normalized spacial score (nSPS) is 12.1. The number of esters is 1. The number of benzene rings is 3. The monoisotopic (exact) mass is 486 g/mol. The number of halogens is 1. The van der Waals surface area contributed by atoms with E-state index in [0.717, 1.165) is 5.56 Å². The summed E-state index contributed by atoms with van der Waals surface area (Å²) in [4.78, 5) is 24.9. The molecule has 7 nitrogen and oxygen atoms in total. The van der Waals surface area contributed by atoms with Gasteiger partial charge in [0.1, 0.15) is 6.04 Å². The summed E-state index contributed by atoms with van der Waals surface area (Å²) in [5.41, 5.74) is 1.55. The van der Waals surface area contributed by atoms with E-state index < -0.39 is 27.9 Å². The summed E-state index contributed by atoms with van der Waals surface area (Å²) in [5, 5.41) is 3.11. The first-order chi connectivity index (χ1) is 15.8. The molecule has 0 fully saturated rings. The first-order valence-corrected chi connectivity index (χ1v) is 12.0. The van der Waals surface area contributed by atoms with E-state index in [1.165, 1.54) is 36.4 Å². The van der Waals surface area contributed by atoms with Gasteiger partial charge in [0.15, 0.2) is 0 Å². The topological polar surface area (TPSA) is 102 Å². The maximum Gasteiger partial charge on any atom is 0.338 e. The lowest BCUT2D eigenvalue weighted by atomic mass is 10.1. The highest BCUT2D eigenvalue weighted by Gasteiger charge is 2.26. The van der Waals surface area contributed by atoms with Crippen LogP contribution in [0, 0.1) is 0 Å². The molecule has 0 bridgehead atoms. The second-order valence-corrected chi connectivity index (χ2v) is 9.26. The van der Waals surface area contributed by atoms with E-state index in [2.05, 4.69) is 10.0 Å². The van der Waals surface area contributed by atoms with Crippen molar-refractivity contribution in [2.45, 2.75) is 24.3 Å². The number of carbonyl (C=O) groups is 2. The van der Waals surface area contributed by atoms with Crippen LogP contribution in [-0.4, -0.2) is 32.9 Å². The highest BCUT2D eigenvalue weighted by molar-refractivity contribution is 7.89. The third kappa shape index (κ3) is 6.89. The molecule has 0 aromatic heterocycles. The number of rotatable bonds is 9. The van der Waals surface area contributed by atoms with Gasteiger partial charge in [-0.2, -0.15) is 4.72 Å². The summed E-state index contributed by atoms with van der Waals surface area (Å²) in [7, 11) is -3.99. The fraction of sp³-hybridized carbons (Fsp3) is 0.167. The van der Waals surface area contributed by atoms with E-state index in [-0.39, 0.29) is 17.9 Å². The Hall–Kier alpha value is -3.20. The second kappa shape index (κ2) is 11.1. The van der Waals surface area contributed by atoms with Crippen molar-refractivity contribution in [1.82, 2.24) is 4.72 Å². The summed E-state index contributed by atoms with van der Waals surface area (Å²) >= 11 is 5.86. The molecule has 0 unspecified atom stereocenters. The van der Waals surface area contributed by atoms with Gasteiger partial charge in [-0.15, -0.1) is 0 Å². The van der Waals surface area contributed by atoms with E-state index in [0.29, 0.717) is 16.3 Å². The molecule has 9 heteroatoms. The molecule has 0 aliphatic rings. The largest absolute Gasteiger partial charge is 0.462 e. The van der Waals surface area contributed by atoms with Crippen LogP contribution in [0.25, 0.3) is 0 Å². The minimum absolute atomic E-state index is 0.00319. The van der Waals surface area contributed by atoms with Crippen molar-refractivity contribution < 1.29 is 22.7 Å². The Labute approximate surface area is 197 Å². The number of nitrogens with one attached hydrogen (secondary N) is 2. The molecule has 3 aromatic rings. The number of hydrogen-bond donors (Lipinski definition) is 2. The second-order valence-electron chi connectivity index (χ2n) is 7.10. The van der Waals surface area contributed by atoms with E-state index in [4.69, 9.17) is 16.3 Å². The van der Waals surface area contributed by atoms with Crippen LogP contribution < -0.4 is 10.0 Å². The molecule has 0 heterocycles. The lowest BCUT2D eigenvalue weighted by Crippen LogP contribution is -2.45. The zero-order chi connectivity index (χ0) is 23.8. The maximum atomic E-state index is 13.1. The summed E-state index contributed by atoms with van der Waals surface area (Å²) in [6.45, 7) is 1.97. The van der Waals surface area contributed by atoms with Gasteiger partial charge in [-0.1, -0.05) is 41.9 Å². The molecule has 2 N–H and O–H groups in total. The summed E-state index contributed by atoms with van der Waals surface area (Å²) in [5.74, 6) is -1.01. The highest BCUT2D eigenvalue weighted by atomic mass is 35.5. The van der Waals surface area contributed by atoms with E-state index in [9.17, 15) is 18.0 Å². The smallest absolute Gasteiger partial charge is 0.338 e. The van der Waals surface area contributed by atoms with Crippen LogP contribution in [-0.2, 0) is 26.0 Å². The van der Waals surface area contributed by atoms with Gasteiger partial charge in [0.2, 0.25) is 15.9 Å². The van der Waals surface area contributed by atoms with E-state index in [1.54, 1.807) is 19.1 Å². The maximum absolute atomic E-state index is 13.1. The van der Waals surface area contributed by atoms with Crippen LogP contribution in [0.3, 0.4) is 0 Å². The van der Waals surface area contributed by atoms with Gasteiger partial charge in [0.25, 0.3) is 0 Å². The average Bonchev–Trinajstić information content (AvgIpc) is 2.80. The van der Waals surface area contributed by atoms with Gasteiger partial charge < -0.3 is 10.1 Å². The summed E-state index contributed by atoms with van der Waals surface area (Å²) in [6.07, 6.45) is 0.139. The minimum atomic E-state index is -3.99. The van der Waals surface area contributed by atoms with Crippen molar-refractivity contribution in [3.8, 4) is 0 Å². The van der Waals surface area contributed by atoms with Crippen molar-refractivity contribution >= 4 is 39.2 Å². The van der Waals surface area contributed by atoms with Gasteiger partial charge in [-0.3, -0.25) is 4.79 Å². The molecule has 0 radical (unpaired) electrons. The third-order valence-corrected chi connectivity index (χ3v) is 6.42. The van der Waals surface area contributed by atoms with Crippen molar-refractivity contribution in [1.29, 1.82) is 0 Å². The molecule has 3 rings (SSSR count). The molecular weight excluding hydrogens is 464 g/mol. The Kier molecular flexibility index (Phi) is 8.21. The molecule has 0 aliphatic carbocycles. The molecule has 1 amide bonds. The van der Waals surface area contributed by atoms with Gasteiger partial charge in [0.05, 0.1) is 17.1 Å². The van der Waals surface area contributed by atoms with Crippen LogP contribution >= 0.6 is 11.6 Å². The zero-order valence-electron chi connectivity index (χ0n) is 17.8. The molecule has 3 aromatic carbocycles. The molecule has 0 saturated heterocycles. The summed E-state index contributed by atoms with van der Waals surface area (Å²) < 4.78 is 33.2. The van der Waals surface area contributed by atoms with Gasteiger partial charge in [-0.05, 0) is 67.4 Å². The lowest BCUT2D eigenvalue weighted by Gasteiger charge is -2.19. The van der Waals surface area contributed by atoms with Crippen LogP contribution in [0.2, 0.25) is 5.02 Å². The zero-order valence-corrected chi connectivity index (χ0v) is 19.4. The predicted molar refractivity (Wildman–Crippen MR) is 127 cm³/mol. The number of amides is 1. The van der Waals surface area contributed by atoms with E-state index in [1.807, 2.05) is 30.3 Å². The molecule has 0 spiro atoms. The Morgan fingerprint density at radius 3 is 2.18 bits per heavy atom. The fourth-order valence-corrected chi connectivity index (χ4v) is 4.36. The third-order valence-electron chi connectivity index (χ3n) is 4.68. The van der Waals surface area contributed by atoms with Gasteiger partial charge in [0, 0.05) is 10.7 Å². The van der Waals surface area contributed by atoms with Crippen molar-refractivity contribution in [3.63, 3.8) is 0 Å². The SMILES string of the molecule is CCOC(=O)c1ccc(NC(=O)[C@H](Cc2ccccc2)NS(=O)(=O)c2ccc(Cl)cc2)cc1. The van der Waals surface area contributed by atoms with Crippen molar-refractivity contribution in [2.24, 2.45) is 0 Å². The van der Waals surface area contributed by atoms with Crippen LogP contribution in [0.4, 0.5) is 5.69 Å². The number of ether oxygens (including phenoxy) is 1. The standard InChI is InChI=1S/C24H23ClN2O5S/c1-2-32-24(29)18-8-12-20(13-9-18)26-23(28)22(16-17-6-4-3-5-7-17)27-33(30,31)21-14-10-19(25)11-15-21/h3-15,22,27H,2,16H2,1H3,(H,26,28)/t22-/m0/s1. The Bertz CT molecular complexity index is 1200. The Morgan fingerprint density at radius 2 is 1.58 bits per heavy atom. The van der Waals surface area contributed by atoms with Gasteiger partial charge in [-0.25, -0.2) is 13.2 Å².